The minimum Gasteiger partial charge on any atom is -0.370 e. The molecule has 0 saturated carbocycles. The van der Waals surface area contributed by atoms with Crippen LogP contribution in [0.1, 0.15) is 31.9 Å². The van der Waals surface area contributed by atoms with Gasteiger partial charge in [0.15, 0.2) is 5.82 Å². The van der Waals surface area contributed by atoms with E-state index in [9.17, 15) is 0 Å². The number of aryl methyl sites for hydroxylation is 2. The van der Waals surface area contributed by atoms with Crippen LogP contribution < -0.4 is 10.6 Å². The van der Waals surface area contributed by atoms with E-state index in [4.69, 9.17) is 0 Å². The van der Waals surface area contributed by atoms with E-state index in [-0.39, 0.29) is 0 Å². The smallest absolute Gasteiger partial charge is 0.151 e. The lowest BCUT2D eigenvalue weighted by Crippen LogP contribution is -2.10. The summed E-state index contributed by atoms with van der Waals surface area (Å²) >= 11 is 0. The third-order valence-electron chi connectivity index (χ3n) is 2.84. The van der Waals surface area contributed by atoms with Crippen LogP contribution in [0.5, 0.6) is 0 Å². The van der Waals surface area contributed by atoms with Crippen LogP contribution in [-0.4, -0.2) is 31.3 Å². The van der Waals surface area contributed by atoms with Gasteiger partial charge in [-0.15, -0.1) is 10.2 Å². The molecule has 0 spiro atoms. The second kappa shape index (κ2) is 6.83. The molecule has 0 aliphatic carbocycles. The van der Waals surface area contributed by atoms with Crippen molar-refractivity contribution in [2.75, 3.05) is 17.2 Å². The highest BCUT2D eigenvalue weighted by Gasteiger charge is 2.05. The predicted molar refractivity (Wildman–Crippen MR) is 78.5 cm³/mol. The van der Waals surface area contributed by atoms with Gasteiger partial charge < -0.3 is 15.2 Å². The summed E-state index contributed by atoms with van der Waals surface area (Å²) in [5, 5.41) is 14.4. The van der Waals surface area contributed by atoms with E-state index in [1.54, 1.807) is 6.33 Å². The van der Waals surface area contributed by atoms with Crippen molar-refractivity contribution in [1.82, 2.24) is 24.7 Å². The van der Waals surface area contributed by atoms with Crippen LogP contribution in [0.25, 0.3) is 0 Å². The SMILES string of the molecule is CCCc1nc(NCC)cc(NCc2nncn2C)n1. The minimum atomic E-state index is 0.588. The van der Waals surface area contributed by atoms with Gasteiger partial charge in [0.05, 0.1) is 6.54 Å². The van der Waals surface area contributed by atoms with E-state index in [0.717, 1.165) is 42.7 Å². The highest BCUT2D eigenvalue weighted by atomic mass is 15.3. The average Bonchev–Trinajstić information content (AvgIpc) is 2.83. The van der Waals surface area contributed by atoms with Crippen molar-refractivity contribution >= 4 is 11.6 Å². The van der Waals surface area contributed by atoms with Crippen molar-refractivity contribution in [1.29, 1.82) is 0 Å². The molecule has 7 heteroatoms. The summed E-state index contributed by atoms with van der Waals surface area (Å²) in [4.78, 5) is 8.99. The number of anilines is 2. The molecule has 20 heavy (non-hydrogen) atoms. The Balaban J connectivity index is 2.11. The van der Waals surface area contributed by atoms with Crippen molar-refractivity contribution in [3.8, 4) is 0 Å². The molecule has 2 heterocycles. The number of aromatic nitrogens is 5. The first-order chi connectivity index (χ1) is 9.72. The Hall–Kier alpha value is -2.18. The molecule has 0 atom stereocenters. The molecular formula is C13H21N7. The molecule has 2 rings (SSSR count). The lowest BCUT2D eigenvalue weighted by Gasteiger charge is -2.10. The molecule has 0 bridgehead atoms. The lowest BCUT2D eigenvalue weighted by atomic mass is 10.3. The van der Waals surface area contributed by atoms with Gasteiger partial charge >= 0.3 is 0 Å². The highest BCUT2D eigenvalue weighted by Crippen LogP contribution is 2.13. The zero-order valence-corrected chi connectivity index (χ0v) is 12.2. The number of nitrogens with one attached hydrogen (secondary N) is 2. The van der Waals surface area contributed by atoms with Gasteiger partial charge in [-0.1, -0.05) is 6.92 Å². The fraction of sp³-hybridized carbons (Fsp3) is 0.538. The van der Waals surface area contributed by atoms with Crippen LogP contribution in [0.2, 0.25) is 0 Å². The average molecular weight is 275 g/mol. The maximum atomic E-state index is 4.51. The second-order valence-corrected chi connectivity index (χ2v) is 4.55. The summed E-state index contributed by atoms with van der Waals surface area (Å²) in [6, 6.07) is 1.92. The molecule has 2 aromatic rings. The first kappa shape index (κ1) is 14.2. The molecule has 7 nitrogen and oxygen atoms in total. The zero-order chi connectivity index (χ0) is 14.4. The molecule has 2 N–H and O–H groups in total. The topological polar surface area (TPSA) is 80.5 Å². The Morgan fingerprint density at radius 3 is 2.50 bits per heavy atom. The fourth-order valence-corrected chi connectivity index (χ4v) is 1.83. The Bertz CT molecular complexity index is 525. The van der Waals surface area contributed by atoms with Crippen LogP contribution in [0.4, 0.5) is 11.6 Å². The Morgan fingerprint density at radius 2 is 1.90 bits per heavy atom. The van der Waals surface area contributed by atoms with E-state index >= 15 is 0 Å². The molecule has 0 aliphatic rings. The fourth-order valence-electron chi connectivity index (χ4n) is 1.83. The number of hydrogen-bond acceptors (Lipinski definition) is 6. The monoisotopic (exact) mass is 275 g/mol. The zero-order valence-electron chi connectivity index (χ0n) is 12.2. The van der Waals surface area contributed by atoms with Gasteiger partial charge in [0.2, 0.25) is 0 Å². The van der Waals surface area contributed by atoms with Crippen molar-refractivity contribution in [2.45, 2.75) is 33.2 Å². The van der Waals surface area contributed by atoms with E-state index < -0.39 is 0 Å². The summed E-state index contributed by atoms with van der Waals surface area (Å²) in [7, 11) is 1.92. The molecule has 0 unspecified atom stereocenters. The molecule has 0 saturated heterocycles. The molecular weight excluding hydrogens is 254 g/mol. The van der Waals surface area contributed by atoms with E-state index in [0.29, 0.717) is 6.54 Å². The largest absolute Gasteiger partial charge is 0.370 e. The normalized spacial score (nSPS) is 10.6. The second-order valence-electron chi connectivity index (χ2n) is 4.55. The van der Waals surface area contributed by atoms with Crippen LogP contribution >= 0.6 is 0 Å². The third kappa shape index (κ3) is 3.66. The van der Waals surface area contributed by atoms with Crippen molar-refractivity contribution in [2.24, 2.45) is 7.05 Å². The van der Waals surface area contributed by atoms with Gasteiger partial charge in [-0.05, 0) is 13.3 Å². The van der Waals surface area contributed by atoms with Gasteiger partial charge in [-0.3, -0.25) is 0 Å². The summed E-state index contributed by atoms with van der Waals surface area (Å²) in [6.45, 7) is 5.60. The highest BCUT2D eigenvalue weighted by molar-refractivity contribution is 5.47. The first-order valence-corrected chi connectivity index (χ1v) is 6.91. The Kier molecular flexibility index (Phi) is 4.86. The van der Waals surface area contributed by atoms with Gasteiger partial charge in [0, 0.05) is 26.1 Å². The van der Waals surface area contributed by atoms with Crippen LogP contribution in [-0.2, 0) is 20.0 Å². The van der Waals surface area contributed by atoms with E-state index in [2.05, 4.69) is 37.7 Å². The molecule has 0 amide bonds. The predicted octanol–water partition coefficient (Wildman–Crippen LogP) is 1.60. The summed E-state index contributed by atoms with van der Waals surface area (Å²) in [5.74, 6) is 3.38. The molecule has 108 valence electrons. The number of rotatable bonds is 7. The number of hydrogen-bond donors (Lipinski definition) is 2. The van der Waals surface area contributed by atoms with E-state index in [1.807, 2.05) is 24.6 Å². The minimum absolute atomic E-state index is 0.588. The maximum Gasteiger partial charge on any atom is 0.151 e. The lowest BCUT2D eigenvalue weighted by molar-refractivity contribution is 0.802. The van der Waals surface area contributed by atoms with E-state index in [1.165, 1.54) is 0 Å². The molecule has 0 aliphatic heterocycles. The standard InChI is InChI=1S/C13H21N7/c1-4-6-10-17-11(14-5-2)7-12(18-10)15-8-13-19-16-9-20(13)3/h7,9H,4-6,8H2,1-3H3,(H2,14,15,17,18). The summed E-state index contributed by atoms with van der Waals surface area (Å²) < 4.78 is 1.88. The number of nitrogens with zero attached hydrogens (tertiary/aromatic N) is 5. The molecule has 2 aromatic heterocycles. The maximum absolute atomic E-state index is 4.51. The molecule has 0 aromatic carbocycles. The van der Waals surface area contributed by atoms with Crippen LogP contribution in [0.15, 0.2) is 12.4 Å². The summed E-state index contributed by atoms with van der Waals surface area (Å²) in [5.41, 5.74) is 0. The summed E-state index contributed by atoms with van der Waals surface area (Å²) in [6.07, 6.45) is 3.58. The van der Waals surface area contributed by atoms with Crippen molar-refractivity contribution in [3.05, 3.63) is 24.0 Å². The van der Waals surface area contributed by atoms with Gasteiger partial charge in [0.25, 0.3) is 0 Å². The molecule has 0 fully saturated rings. The van der Waals surface area contributed by atoms with Crippen LogP contribution in [0, 0.1) is 0 Å². The van der Waals surface area contributed by atoms with Crippen molar-refractivity contribution < 1.29 is 0 Å². The Labute approximate surface area is 118 Å². The van der Waals surface area contributed by atoms with Crippen molar-refractivity contribution in [3.63, 3.8) is 0 Å². The molecule has 0 radical (unpaired) electrons. The Morgan fingerprint density at radius 1 is 1.15 bits per heavy atom. The van der Waals surface area contributed by atoms with Gasteiger partial charge in [-0.25, -0.2) is 9.97 Å². The third-order valence-corrected chi connectivity index (χ3v) is 2.84. The van der Waals surface area contributed by atoms with Gasteiger partial charge in [-0.2, -0.15) is 0 Å². The first-order valence-electron chi connectivity index (χ1n) is 6.91. The van der Waals surface area contributed by atoms with Crippen LogP contribution in [0.3, 0.4) is 0 Å². The quantitative estimate of drug-likeness (QED) is 0.799. The van der Waals surface area contributed by atoms with Gasteiger partial charge in [0.1, 0.15) is 23.8 Å².